The first kappa shape index (κ1) is 14.8. The summed E-state index contributed by atoms with van der Waals surface area (Å²) in [5.41, 5.74) is 0. The normalized spacial score (nSPS) is 28.5. The van der Waals surface area contributed by atoms with Gasteiger partial charge in [0.15, 0.2) is 0 Å². The van der Waals surface area contributed by atoms with Crippen molar-refractivity contribution in [3.8, 4) is 0 Å². The molecule has 0 spiro atoms. The zero-order valence-corrected chi connectivity index (χ0v) is 12.7. The molecule has 0 aromatic rings. The van der Waals surface area contributed by atoms with Gasteiger partial charge in [0.05, 0.1) is 13.2 Å². The van der Waals surface area contributed by atoms with Gasteiger partial charge in [0.1, 0.15) is 0 Å². The van der Waals surface area contributed by atoms with Crippen LogP contribution in [-0.2, 0) is 9.53 Å². The molecule has 2 rings (SSSR count). The van der Waals surface area contributed by atoms with E-state index in [4.69, 9.17) is 4.74 Å². The molecule has 1 saturated heterocycles. The van der Waals surface area contributed by atoms with E-state index in [-0.39, 0.29) is 5.92 Å². The molecule has 2 unspecified atom stereocenters. The number of ether oxygens (including phenoxy) is 1. The van der Waals surface area contributed by atoms with Crippen LogP contribution in [0.4, 0.5) is 0 Å². The smallest absolute Gasteiger partial charge is 0.226 e. The fourth-order valence-electron chi connectivity index (χ4n) is 3.71. The van der Waals surface area contributed by atoms with Gasteiger partial charge in [-0.1, -0.05) is 40.0 Å². The lowest BCUT2D eigenvalue weighted by molar-refractivity contribution is -0.142. The quantitative estimate of drug-likeness (QED) is 0.740. The number of morpholine rings is 1. The molecule has 1 heterocycles. The van der Waals surface area contributed by atoms with Gasteiger partial charge in [0.2, 0.25) is 5.91 Å². The van der Waals surface area contributed by atoms with Crippen molar-refractivity contribution in [2.75, 3.05) is 26.3 Å². The van der Waals surface area contributed by atoms with Gasteiger partial charge in [0.25, 0.3) is 0 Å². The van der Waals surface area contributed by atoms with E-state index in [0.29, 0.717) is 31.0 Å². The van der Waals surface area contributed by atoms with Crippen LogP contribution in [0.2, 0.25) is 0 Å². The average Bonchev–Trinajstić information content (AvgIpc) is 3.24. The highest BCUT2D eigenvalue weighted by Gasteiger charge is 2.48. The third-order valence-corrected chi connectivity index (χ3v) is 5.13. The Morgan fingerprint density at radius 1 is 1.21 bits per heavy atom. The largest absolute Gasteiger partial charge is 0.378 e. The summed E-state index contributed by atoms with van der Waals surface area (Å²) >= 11 is 0. The number of amides is 1. The zero-order valence-electron chi connectivity index (χ0n) is 12.7. The maximum absolute atomic E-state index is 12.9. The molecule has 1 aliphatic heterocycles. The molecule has 0 radical (unpaired) electrons. The molecule has 0 aromatic carbocycles. The minimum absolute atomic E-state index is 0.276. The van der Waals surface area contributed by atoms with Crippen molar-refractivity contribution in [1.29, 1.82) is 0 Å². The Bertz CT molecular complexity index is 295. The predicted octanol–water partition coefficient (Wildman–Crippen LogP) is 2.94. The second kappa shape index (κ2) is 6.74. The maximum Gasteiger partial charge on any atom is 0.226 e. The molecule has 2 fully saturated rings. The number of carbonyl (C=O) groups is 1. The SMILES string of the molecule is CCC(CC)C(C(=O)N1CCOCC1)C1C[C@H]1CC. The molecule has 110 valence electrons. The van der Waals surface area contributed by atoms with E-state index < -0.39 is 0 Å². The Hall–Kier alpha value is -0.570. The van der Waals surface area contributed by atoms with Gasteiger partial charge in [-0.15, -0.1) is 0 Å². The van der Waals surface area contributed by atoms with Crippen molar-refractivity contribution in [3.05, 3.63) is 0 Å². The molecular formula is C16H29NO2. The average molecular weight is 267 g/mol. The Morgan fingerprint density at radius 3 is 2.32 bits per heavy atom. The number of hydrogen-bond donors (Lipinski definition) is 0. The molecule has 19 heavy (non-hydrogen) atoms. The lowest BCUT2D eigenvalue weighted by Crippen LogP contribution is -2.46. The molecule has 3 heteroatoms. The first-order valence-corrected chi connectivity index (χ1v) is 8.09. The van der Waals surface area contributed by atoms with E-state index in [9.17, 15) is 4.79 Å². The standard InChI is InChI=1S/C16H29NO2/c1-4-12(5-2)15(14-11-13(14)6-3)16(18)17-7-9-19-10-8-17/h12-15H,4-11H2,1-3H3/t13-,14?,15?/m1/s1. The predicted molar refractivity (Wildman–Crippen MR) is 76.8 cm³/mol. The monoisotopic (exact) mass is 267 g/mol. The first-order chi connectivity index (χ1) is 9.22. The number of rotatable bonds is 6. The van der Waals surface area contributed by atoms with E-state index >= 15 is 0 Å². The van der Waals surface area contributed by atoms with Crippen molar-refractivity contribution in [1.82, 2.24) is 4.90 Å². The van der Waals surface area contributed by atoms with Crippen LogP contribution in [0.3, 0.4) is 0 Å². The van der Waals surface area contributed by atoms with E-state index in [1.54, 1.807) is 0 Å². The lowest BCUT2D eigenvalue weighted by atomic mass is 9.82. The molecule has 1 aliphatic carbocycles. The summed E-state index contributed by atoms with van der Waals surface area (Å²) in [4.78, 5) is 14.9. The highest BCUT2D eigenvalue weighted by molar-refractivity contribution is 5.80. The summed E-state index contributed by atoms with van der Waals surface area (Å²) in [6.07, 6.45) is 4.76. The summed E-state index contributed by atoms with van der Waals surface area (Å²) in [5.74, 6) is 2.72. The second-order valence-electron chi connectivity index (χ2n) is 6.11. The Morgan fingerprint density at radius 2 is 1.84 bits per heavy atom. The minimum Gasteiger partial charge on any atom is -0.378 e. The molecule has 3 atom stereocenters. The number of hydrogen-bond acceptors (Lipinski definition) is 2. The van der Waals surface area contributed by atoms with Crippen LogP contribution in [-0.4, -0.2) is 37.1 Å². The Labute approximate surface area is 117 Å². The highest BCUT2D eigenvalue weighted by Crippen LogP contribution is 2.50. The molecule has 1 amide bonds. The van der Waals surface area contributed by atoms with Crippen molar-refractivity contribution in [3.63, 3.8) is 0 Å². The molecule has 1 saturated carbocycles. The lowest BCUT2D eigenvalue weighted by Gasteiger charge is -2.33. The Balaban J connectivity index is 2.05. The van der Waals surface area contributed by atoms with Crippen molar-refractivity contribution in [2.24, 2.45) is 23.7 Å². The molecule has 2 aliphatic rings. The highest BCUT2D eigenvalue weighted by atomic mass is 16.5. The fourth-order valence-corrected chi connectivity index (χ4v) is 3.71. The summed E-state index contributed by atoms with van der Waals surface area (Å²) in [6.45, 7) is 9.73. The topological polar surface area (TPSA) is 29.5 Å². The first-order valence-electron chi connectivity index (χ1n) is 8.09. The summed E-state index contributed by atoms with van der Waals surface area (Å²) in [5, 5.41) is 0. The van der Waals surface area contributed by atoms with Gasteiger partial charge in [0, 0.05) is 19.0 Å². The van der Waals surface area contributed by atoms with Gasteiger partial charge in [-0.05, 0) is 24.2 Å². The fraction of sp³-hybridized carbons (Fsp3) is 0.938. The van der Waals surface area contributed by atoms with Gasteiger partial charge >= 0.3 is 0 Å². The van der Waals surface area contributed by atoms with Crippen LogP contribution in [0.15, 0.2) is 0 Å². The molecular weight excluding hydrogens is 238 g/mol. The van der Waals surface area contributed by atoms with Gasteiger partial charge < -0.3 is 9.64 Å². The number of carbonyl (C=O) groups excluding carboxylic acids is 1. The summed E-state index contributed by atoms with van der Waals surface area (Å²) in [6, 6.07) is 0. The third-order valence-electron chi connectivity index (χ3n) is 5.13. The molecule has 0 aromatic heterocycles. The van der Waals surface area contributed by atoms with E-state index in [1.165, 1.54) is 12.8 Å². The summed E-state index contributed by atoms with van der Waals surface area (Å²) < 4.78 is 5.37. The maximum atomic E-state index is 12.9. The van der Waals surface area contributed by atoms with Crippen molar-refractivity contribution < 1.29 is 9.53 Å². The van der Waals surface area contributed by atoms with Gasteiger partial charge in [-0.25, -0.2) is 0 Å². The van der Waals surface area contributed by atoms with Crippen LogP contribution in [0, 0.1) is 23.7 Å². The van der Waals surface area contributed by atoms with Crippen LogP contribution in [0.1, 0.15) is 46.5 Å². The second-order valence-corrected chi connectivity index (χ2v) is 6.11. The van der Waals surface area contributed by atoms with E-state index in [0.717, 1.165) is 31.8 Å². The van der Waals surface area contributed by atoms with Crippen LogP contribution in [0.5, 0.6) is 0 Å². The molecule has 0 N–H and O–H groups in total. The van der Waals surface area contributed by atoms with Crippen molar-refractivity contribution in [2.45, 2.75) is 46.5 Å². The van der Waals surface area contributed by atoms with E-state index in [2.05, 4.69) is 25.7 Å². The molecule has 3 nitrogen and oxygen atoms in total. The van der Waals surface area contributed by atoms with Crippen LogP contribution < -0.4 is 0 Å². The van der Waals surface area contributed by atoms with Crippen LogP contribution >= 0.6 is 0 Å². The van der Waals surface area contributed by atoms with Gasteiger partial charge in [-0.2, -0.15) is 0 Å². The molecule has 0 bridgehead atoms. The summed E-state index contributed by atoms with van der Waals surface area (Å²) in [7, 11) is 0. The van der Waals surface area contributed by atoms with Crippen molar-refractivity contribution >= 4 is 5.91 Å². The Kier molecular flexibility index (Phi) is 5.26. The zero-order chi connectivity index (χ0) is 13.8. The van der Waals surface area contributed by atoms with Crippen LogP contribution in [0.25, 0.3) is 0 Å². The number of nitrogens with zero attached hydrogens (tertiary/aromatic N) is 1. The minimum atomic E-state index is 0.276. The van der Waals surface area contributed by atoms with Gasteiger partial charge in [-0.3, -0.25) is 4.79 Å². The third kappa shape index (κ3) is 3.31. The van der Waals surface area contributed by atoms with E-state index in [1.807, 2.05) is 0 Å².